The molecule has 0 saturated carbocycles. The van der Waals surface area contributed by atoms with Gasteiger partial charge in [0, 0.05) is 38.8 Å². The lowest BCUT2D eigenvalue weighted by atomic mass is 10.2. The maximum Gasteiger partial charge on any atom is 0.215 e. The van der Waals surface area contributed by atoms with E-state index in [4.69, 9.17) is 4.74 Å². The van der Waals surface area contributed by atoms with E-state index >= 15 is 0 Å². The standard InChI is InChI=1S/C15H22F2N4O3S/c1-18-15(20-11-12-10-13(16)2-3-14(12)17)19-4-9-25(22,23)21-5-7-24-8-6-21/h2-3,10H,4-9,11H2,1H3,(H2,18,19,20). The summed E-state index contributed by atoms with van der Waals surface area (Å²) in [5, 5.41) is 5.68. The Morgan fingerprint density at radius 3 is 2.68 bits per heavy atom. The number of morpholine rings is 1. The van der Waals surface area contributed by atoms with Crippen LogP contribution in [0.15, 0.2) is 23.2 Å². The molecule has 2 N–H and O–H groups in total. The molecule has 2 rings (SSSR count). The van der Waals surface area contributed by atoms with E-state index in [0.717, 1.165) is 18.2 Å². The van der Waals surface area contributed by atoms with E-state index in [9.17, 15) is 17.2 Å². The highest BCUT2D eigenvalue weighted by molar-refractivity contribution is 7.89. The Bertz CT molecular complexity index is 707. The van der Waals surface area contributed by atoms with E-state index in [2.05, 4.69) is 15.6 Å². The highest BCUT2D eigenvalue weighted by atomic mass is 32.2. The fraction of sp³-hybridized carbons (Fsp3) is 0.533. The third-order valence-corrected chi connectivity index (χ3v) is 5.57. The molecule has 1 aliphatic heterocycles. The minimum absolute atomic E-state index is 0.0273. The van der Waals surface area contributed by atoms with Crippen LogP contribution in [0, 0.1) is 11.6 Å². The predicted molar refractivity (Wildman–Crippen MR) is 90.7 cm³/mol. The van der Waals surface area contributed by atoms with E-state index in [1.54, 1.807) is 0 Å². The van der Waals surface area contributed by atoms with Gasteiger partial charge >= 0.3 is 0 Å². The lowest BCUT2D eigenvalue weighted by Crippen LogP contribution is -2.45. The molecule has 0 amide bonds. The van der Waals surface area contributed by atoms with Crippen molar-refractivity contribution in [3.05, 3.63) is 35.4 Å². The first-order valence-electron chi connectivity index (χ1n) is 7.86. The summed E-state index contributed by atoms with van der Waals surface area (Å²) in [5.74, 6) is -0.847. The van der Waals surface area contributed by atoms with Crippen LogP contribution in [0.5, 0.6) is 0 Å². The third kappa shape index (κ3) is 5.91. The van der Waals surface area contributed by atoms with Crippen molar-refractivity contribution < 1.29 is 21.9 Å². The van der Waals surface area contributed by atoms with Crippen LogP contribution in [0.3, 0.4) is 0 Å². The Labute approximate surface area is 146 Å². The number of benzene rings is 1. The third-order valence-electron chi connectivity index (χ3n) is 3.69. The molecule has 0 unspecified atom stereocenters. The summed E-state index contributed by atoms with van der Waals surface area (Å²) in [6, 6.07) is 3.19. The lowest BCUT2D eigenvalue weighted by molar-refractivity contribution is 0.0730. The number of halogens is 2. The Balaban J connectivity index is 1.81. The number of hydrogen-bond acceptors (Lipinski definition) is 4. The molecule has 0 aromatic heterocycles. The number of nitrogens with zero attached hydrogens (tertiary/aromatic N) is 2. The first kappa shape index (κ1) is 19.5. The minimum atomic E-state index is -3.37. The Hall–Kier alpha value is -1.78. The molecule has 1 fully saturated rings. The molecule has 1 aromatic rings. The zero-order chi connectivity index (χ0) is 18.3. The van der Waals surface area contributed by atoms with Gasteiger partial charge in [0.15, 0.2) is 5.96 Å². The molecule has 1 aromatic carbocycles. The zero-order valence-electron chi connectivity index (χ0n) is 14.0. The molecular formula is C15H22F2N4O3S. The summed E-state index contributed by atoms with van der Waals surface area (Å²) < 4.78 is 57.6. The van der Waals surface area contributed by atoms with E-state index < -0.39 is 21.7 Å². The van der Waals surface area contributed by atoms with Crippen molar-refractivity contribution in [2.24, 2.45) is 4.99 Å². The van der Waals surface area contributed by atoms with Crippen LogP contribution in [0.25, 0.3) is 0 Å². The van der Waals surface area contributed by atoms with Crippen molar-refractivity contribution in [2.75, 3.05) is 45.6 Å². The first-order chi connectivity index (χ1) is 11.9. The molecule has 7 nitrogen and oxygen atoms in total. The average Bonchev–Trinajstić information content (AvgIpc) is 2.61. The summed E-state index contributed by atoms with van der Waals surface area (Å²) in [6.45, 7) is 1.68. The van der Waals surface area contributed by atoms with Crippen LogP contribution >= 0.6 is 0 Å². The van der Waals surface area contributed by atoms with E-state index in [1.165, 1.54) is 11.4 Å². The molecule has 1 saturated heterocycles. The molecule has 1 aliphatic rings. The maximum atomic E-state index is 13.6. The average molecular weight is 376 g/mol. The molecule has 1 heterocycles. The summed E-state index contributed by atoms with van der Waals surface area (Å²) in [7, 11) is -1.86. The van der Waals surface area contributed by atoms with Crippen LogP contribution in [-0.2, 0) is 21.3 Å². The number of ether oxygens (including phenoxy) is 1. The molecule has 0 atom stereocenters. The van der Waals surface area contributed by atoms with Crippen molar-refractivity contribution >= 4 is 16.0 Å². The Morgan fingerprint density at radius 2 is 2.00 bits per heavy atom. The van der Waals surface area contributed by atoms with Crippen LogP contribution < -0.4 is 10.6 Å². The Morgan fingerprint density at radius 1 is 1.28 bits per heavy atom. The van der Waals surface area contributed by atoms with Gasteiger partial charge in [0.25, 0.3) is 0 Å². The minimum Gasteiger partial charge on any atom is -0.379 e. The van der Waals surface area contributed by atoms with Crippen molar-refractivity contribution in [1.82, 2.24) is 14.9 Å². The van der Waals surface area contributed by atoms with Crippen molar-refractivity contribution in [2.45, 2.75) is 6.54 Å². The van der Waals surface area contributed by atoms with Gasteiger partial charge in [-0.2, -0.15) is 4.31 Å². The van der Waals surface area contributed by atoms with Crippen molar-refractivity contribution in [3.8, 4) is 0 Å². The number of guanidine groups is 1. The molecule has 0 spiro atoms. The van der Waals surface area contributed by atoms with Crippen molar-refractivity contribution in [3.63, 3.8) is 0 Å². The van der Waals surface area contributed by atoms with E-state index in [-0.39, 0.29) is 24.4 Å². The predicted octanol–water partition coefficient (Wildman–Crippen LogP) is 0.292. The van der Waals surface area contributed by atoms with E-state index in [1.807, 2.05) is 0 Å². The van der Waals surface area contributed by atoms with Gasteiger partial charge in [-0.25, -0.2) is 17.2 Å². The SMILES string of the molecule is CN=C(NCCS(=O)(=O)N1CCOCC1)NCc1cc(F)ccc1F. The van der Waals surface area contributed by atoms with Gasteiger partial charge in [-0.05, 0) is 18.2 Å². The quantitative estimate of drug-likeness (QED) is 0.551. The lowest BCUT2D eigenvalue weighted by Gasteiger charge is -2.26. The Kier molecular flexibility index (Phi) is 7.09. The number of aliphatic imine (C=N–C) groups is 1. The summed E-state index contributed by atoms with van der Waals surface area (Å²) in [5.41, 5.74) is 0.156. The first-order valence-corrected chi connectivity index (χ1v) is 9.47. The van der Waals surface area contributed by atoms with Gasteiger partial charge < -0.3 is 15.4 Å². The van der Waals surface area contributed by atoms with Gasteiger partial charge in [-0.15, -0.1) is 0 Å². The zero-order valence-corrected chi connectivity index (χ0v) is 14.8. The highest BCUT2D eigenvalue weighted by Crippen LogP contribution is 2.09. The number of sulfonamides is 1. The molecule has 10 heteroatoms. The van der Waals surface area contributed by atoms with E-state index in [0.29, 0.717) is 32.3 Å². The molecular weight excluding hydrogens is 354 g/mol. The van der Waals surface area contributed by atoms with Gasteiger partial charge in [0.1, 0.15) is 11.6 Å². The topological polar surface area (TPSA) is 83.0 Å². The number of hydrogen-bond donors (Lipinski definition) is 2. The largest absolute Gasteiger partial charge is 0.379 e. The van der Waals surface area contributed by atoms with Crippen LogP contribution in [0.1, 0.15) is 5.56 Å². The molecule has 140 valence electrons. The summed E-state index contributed by atoms with van der Waals surface area (Å²) in [6.07, 6.45) is 0. The fourth-order valence-corrected chi connectivity index (χ4v) is 3.65. The smallest absolute Gasteiger partial charge is 0.215 e. The number of nitrogens with one attached hydrogen (secondary N) is 2. The van der Waals surface area contributed by atoms with Crippen LogP contribution in [-0.4, -0.2) is 64.3 Å². The van der Waals surface area contributed by atoms with Crippen LogP contribution in [0.4, 0.5) is 8.78 Å². The second kappa shape index (κ2) is 9.07. The molecule has 0 bridgehead atoms. The maximum absolute atomic E-state index is 13.6. The fourth-order valence-electron chi connectivity index (χ4n) is 2.33. The second-order valence-electron chi connectivity index (χ2n) is 5.42. The monoisotopic (exact) mass is 376 g/mol. The van der Waals surface area contributed by atoms with Gasteiger partial charge in [0.05, 0.1) is 19.0 Å². The van der Waals surface area contributed by atoms with Gasteiger partial charge in [-0.3, -0.25) is 4.99 Å². The van der Waals surface area contributed by atoms with Crippen molar-refractivity contribution in [1.29, 1.82) is 0 Å². The number of rotatable bonds is 6. The van der Waals surface area contributed by atoms with Gasteiger partial charge in [0.2, 0.25) is 10.0 Å². The summed E-state index contributed by atoms with van der Waals surface area (Å²) >= 11 is 0. The van der Waals surface area contributed by atoms with Crippen LogP contribution in [0.2, 0.25) is 0 Å². The normalized spacial score (nSPS) is 16.7. The molecule has 25 heavy (non-hydrogen) atoms. The second-order valence-corrected chi connectivity index (χ2v) is 7.50. The highest BCUT2D eigenvalue weighted by Gasteiger charge is 2.23. The summed E-state index contributed by atoms with van der Waals surface area (Å²) in [4.78, 5) is 3.94. The molecule has 0 radical (unpaired) electrons. The van der Waals surface area contributed by atoms with Gasteiger partial charge in [-0.1, -0.05) is 0 Å². The molecule has 0 aliphatic carbocycles.